The molecular formula is C25H19BrO6. The lowest BCUT2D eigenvalue weighted by Crippen LogP contribution is -2.10. The van der Waals surface area contributed by atoms with Crippen LogP contribution in [0, 0.1) is 6.92 Å². The minimum Gasteiger partial charge on any atom is -0.493 e. The molecule has 0 N–H and O–H groups in total. The fourth-order valence-electron chi connectivity index (χ4n) is 3.33. The Bertz CT molecular complexity index is 1260. The highest BCUT2D eigenvalue weighted by Crippen LogP contribution is 2.40. The van der Waals surface area contributed by atoms with Gasteiger partial charge in [-0.2, -0.15) is 0 Å². The summed E-state index contributed by atoms with van der Waals surface area (Å²) < 4.78 is 22.7. The van der Waals surface area contributed by atoms with Crippen molar-refractivity contribution in [1.82, 2.24) is 0 Å². The Kier molecular flexibility index (Phi) is 6.01. The van der Waals surface area contributed by atoms with E-state index in [9.17, 15) is 9.59 Å². The second kappa shape index (κ2) is 8.88. The maximum absolute atomic E-state index is 12.8. The smallest absolute Gasteiger partial charge is 0.343 e. The molecule has 3 aromatic rings. The number of ether oxygens (including phenoxy) is 4. The van der Waals surface area contributed by atoms with Crippen molar-refractivity contribution >= 4 is 33.8 Å². The van der Waals surface area contributed by atoms with E-state index in [4.69, 9.17) is 18.9 Å². The van der Waals surface area contributed by atoms with E-state index in [2.05, 4.69) is 15.9 Å². The summed E-state index contributed by atoms with van der Waals surface area (Å²) in [5.74, 6) is 1.03. The van der Waals surface area contributed by atoms with Crippen molar-refractivity contribution in [1.29, 1.82) is 0 Å². The maximum Gasteiger partial charge on any atom is 0.343 e. The highest BCUT2D eigenvalue weighted by molar-refractivity contribution is 9.10. The third-order valence-corrected chi connectivity index (χ3v) is 5.77. The monoisotopic (exact) mass is 494 g/mol. The van der Waals surface area contributed by atoms with Gasteiger partial charge in [0.15, 0.2) is 17.3 Å². The Labute approximate surface area is 193 Å². The molecule has 0 bridgehead atoms. The summed E-state index contributed by atoms with van der Waals surface area (Å²) in [6.45, 7) is 1.74. The minimum absolute atomic E-state index is 0.207. The molecular weight excluding hydrogens is 476 g/mol. The predicted molar refractivity (Wildman–Crippen MR) is 123 cm³/mol. The van der Waals surface area contributed by atoms with Crippen LogP contribution in [-0.4, -0.2) is 26.0 Å². The number of carbonyl (C=O) groups excluding carboxylic acids is 2. The summed E-state index contributed by atoms with van der Waals surface area (Å²) in [5, 5.41) is 0. The molecule has 0 amide bonds. The molecule has 0 unspecified atom stereocenters. The molecule has 4 rings (SSSR count). The van der Waals surface area contributed by atoms with E-state index in [1.165, 1.54) is 14.2 Å². The van der Waals surface area contributed by atoms with Crippen molar-refractivity contribution in [2.45, 2.75) is 6.92 Å². The lowest BCUT2D eigenvalue weighted by atomic mass is 10.1. The molecule has 0 spiro atoms. The van der Waals surface area contributed by atoms with Gasteiger partial charge in [-0.3, -0.25) is 4.79 Å². The summed E-state index contributed by atoms with van der Waals surface area (Å²) in [6.07, 6.45) is 1.68. The highest BCUT2D eigenvalue weighted by Gasteiger charge is 2.30. The predicted octanol–water partition coefficient (Wildman–Crippen LogP) is 5.61. The van der Waals surface area contributed by atoms with Crippen LogP contribution in [-0.2, 0) is 0 Å². The molecule has 7 heteroatoms. The van der Waals surface area contributed by atoms with E-state index in [0.29, 0.717) is 39.7 Å². The molecule has 6 nitrogen and oxygen atoms in total. The number of halogens is 1. The number of benzene rings is 3. The van der Waals surface area contributed by atoms with Crippen molar-refractivity contribution < 1.29 is 28.5 Å². The van der Waals surface area contributed by atoms with Crippen molar-refractivity contribution in [3.8, 4) is 23.0 Å². The molecule has 0 saturated heterocycles. The molecule has 1 heterocycles. The van der Waals surface area contributed by atoms with Crippen LogP contribution in [0.1, 0.15) is 31.8 Å². The Balaban J connectivity index is 1.61. The van der Waals surface area contributed by atoms with E-state index in [-0.39, 0.29) is 11.5 Å². The zero-order valence-electron chi connectivity index (χ0n) is 17.6. The molecule has 0 aromatic heterocycles. The first-order chi connectivity index (χ1) is 15.4. The molecule has 0 saturated carbocycles. The van der Waals surface area contributed by atoms with Crippen molar-refractivity contribution in [2.24, 2.45) is 0 Å². The molecule has 0 radical (unpaired) electrons. The van der Waals surface area contributed by atoms with Gasteiger partial charge in [0, 0.05) is 10.0 Å². The van der Waals surface area contributed by atoms with Gasteiger partial charge in [-0.25, -0.2) is 4.79 Å². The zero-order valence-corrected chi connectivity index (χ0v) is 19.2. The van der Waals surface area contributed by atoms with Crippen LogP contribution in [0.4, 0.5) is 0 Å². The van der Waals surface area contributed by atoms with Gasteiger partial charge < -0.3 is 18.9 Å². The van der Waals surface area contributed by atoms with Crippen molar-refractivity contribution in [3.05, 3.63) is 87.1 Å². The van der Waals surface area contributed by atoms with Gasteiger partial charge in [-0.1, -0.05) is 34.1 Å². The lowest BCUT2D eigenvalue weighted by Gasteiger charge is -2.12. The fraction of sp³-hybridized carbons (Fsp3) is 0.120. The molecule has 1 aliphatic rings. The summed E-state index contributed by atoms with van der Waals surface area (Å²) in [5.41, 5.74) is 2.10. The largest absolute Gasteiger partial charge is 0.493 e. The number of fused-ring (bicyclic) bond motifs is 1. The lowest BCUT2D eigenvalue weighted by molar-refractivity contribution is 0.0732. The molecule has 162 valence electrons. The average Bonchev–Trinajstić information content (AvgIpc) is 3.12. The highest BCUT2D eigenvalue weighted by atomic mass is 79.9. The van der Waals surface area contributed by atoms with Gasteiger partial charge in [0.05, 0.1) is 25.3 Å². The number of Topliss-reactive ketones (excluding diaryl/α,β-unsaturated/α-hetero) is 1. The molecule has 0 atom stereocenters. The van der Waals surface area contributed by atoms with Crippen LogP contribution in [0.2, 0.25) is 0 Å². The number of allylic oxidation sites excluding steroid dienone is 1. The Morgan fingerprint density at radius 1 is 0.969 bits per heavy atom. The topological polar surface area (TPSA) is 71.1 Å². The molecule has 0 fully saturated rings. The standard InChI is InChI=1S/C25H19BrO6/c1-14-19(32-25(28)16-8-10-20(29-2)21(13-16)30-3)11-9-17-23(27)22(31-24(14)17)12-15-6-4-5-7-18(15)26/h4-13H,1-3H3/b22-12-. The number of hydrogen-bond donors (Lipinski definition) is 0. The van der Waals surface area contributed by atoms with Crippen LogP contribution in [0.3, 0.4) is 0 Å². The van der Waals surface area contributed by atoms with Crippen LogP contribution in [0.15, 0.2) is 64.8 Å². The van der Waals surface area contributed by atoms with E-state index >= 15 is 0 Å². The number of methoxy groups -OCH3 is 2. The number of ketones is 1. The second-order valence-electron chi connectivity index (χ2n) is 6.99. The third-order valence-electron chi connectivity index (χ3n) is 5.05. The van der Waals surface area contributed by atoms with Gasteiger partial charge in [0.25, 0.3) is 0 Å². The number of hydrogen-bond acceptors (Lipinski definition) is 6. The number of carbonyl (C=O) groups is 2. The maximum atomic E-state index is 12.8. The average molecular weight is 495 g/mol. The van der Waals surface area contributed by atoms with Gasteiger partial charge >= 0.3 is 5.97 Å². The summed E-state index contributed by atoms with van der Waals surface area (Å²) >= 11 is 3.47. The van der Waals surface area contributed by atoms with E-state index in [1.807, 2.05) is 24.3 Å². The fourth-order valence-corrected chi connectivity index (χ4v) is 3.73. The van der Waals surface area contributed by atoms with Gasteiger partial charge in [-0.05, 0) is 55.0 Å². The summed E-state index contributed by atoms with van der Waals surface area (Å²) in [6, 6.07) is 15.5. The first kappa shape index (κ1) is 21.6. The van der Waals surface area contributed by atoms with E-state index in [1.54, 1.807) is 43.3 Å². The van der Waals surface area contributed by atoms with Crippen molar-refractivity contribution in [3.63, 3.8) is 0 Å². The molecule has 32 heavy (non-hydrogen) atoms. The molecule has 3 aromatic carbocycles. The van der Waals surface area contributed by atoms with E-state index in [0.717, 1.165) is 10.0 Å². The van der Waals surface area contributed by atoms with Gasteiger partial charge in [-0.15, -0.1) is 0 Å². The van der Waals surface area contributed by atoms with Crippen molar-refractivity contribution in [2.75, 3.05) is 14.2 Å². The summed E-state index contributed by atoms with van der Waals surface area (Å²) in [7, 11) is 3.01. The molecule has 0 aliphatic carbocycles. The Morgan fingerprint density at radius 2 is 1.69 bits per heavy atom. The molecule has 1 aliphatic heterocycles. The van der Waals surface area contributed by atoms with Gasteiger partial charge in [0.2, 0.25) is 5.78 Å². The normalized spacial score (nSPS) is 13.5. The quantitative estimate of drug-likeness (QED) is 0.260. The van der Waals surface area contributed by atoms with E-state index < -0.39 is 5.97 Å². The third kappa shape index (κ3) is 3.99. The number of rotatable bonds is 5. The van der Waals surface area contributed by atoms with Gasteiger partial charge in [0.1, 0.15) is 11.5 Å². The Morgan fingerprint density at radius 3 is 2.41 bits per heavy atom. The number of esters is 1. The first-order valence-electron chi connectivity index (χ1n) is 9.69. The first-order valence-corrected chi connectivity index (χ1v) is 10.5. The van der Waals surface area contributed by atoms with Crippen LogP contribution < -0.4 is 18.9 Å². The SMILES string of the molecule is COc1ccc(C(=O)Oc2ccc3c(c2C)O/C(=C\c2ccccc2Br)C3=O)cc1OC. The van der Waals surface area contributed by atoms with Crippen LogP contribution in [0.5, 0.6) is 23.0 Å². The van der Waals surface area contributed by atoms with Crippen LogP contribution >= 0.6 is 15.9 Å². The summed E-state index contributed by atoms with van der Waals surface area (Å²) in [4.78, 5) is 25.5. The minimum atomic E-state index is -0.567. The zero-order chi connectivity index (χ0) is 22.8. The Hall–Kier alpha value is -3.58. The van der Waals surface area contributed by atoms with Crippen LogP contribution in [0.25, 0.3) is 6.08 Å². The second-order valence-corrected chi connectivity index (χ2v) is 7.84.